The van der Waals surface area contributed by atoms with Crippen LogP contribution in [0.25, 0.3) is 0 Å². The van der Waals surface area contributed by atoms with E-state index in [0.29, 0.717) is 25.3 Å². The van der Waals surface area contributed by atoms with E-state index in [-0.39, 0.29) is 41.1 Å². The lowest BCUT2D eigenvalue weighted by Crippen LogP contribution is -2.62. The molecule has 5 rings (SSSR count). The van der Waals surface area contributed by atoms with Crippen molar-refractivity contribution in [2.24, 2.45) is 17.8 Å². The second kappa shape index (κ2) is 14.3. The maximum Gasteiger partial charge on any atom is 0.302 e. The van der Waals surface area contributed by atoms with Gasteiger partial charge >= 0.3 is 5.97 Å². The fraction of sp³-hybridized carbons (Fsp3) is 0.622. The van der Waals surface area contributed by atoms with E-state index >= 15 is 0 Å². The molecule has 0 radical (unpaired) electrons. The summed E-state index contributed by atoms with van der Waals surface area (Å²) in [5, 5.41) is 10.6. The smallest absolute Gasteiger partial charge is 0.302 e. The van der Waals surface area contributed by atoms with Crippen LogP contribution >= 0.6 is 0 Å². The molecule has 1 aliphatic heterocycles. The summed E-state index contributed by atoms with van der Waals surface area (Å²) < 4.78 is 6.16. The van der Waals surface area contributed by atoms with Gasteiger partial charge in [-0.3, -0.25) is 9.59 Å². The van der Waals surface area contributed by atoms with E-state index in [1.54, 1.807) is 6.07 Å². The topological polar surface area (TPSA) is 70.1 Å². The van der Waals surface area contributed by atoms with E-state index in [1.807, 2.05) is 18.2 Å². The molecule has 1 heterocycles. The number of rotatable bonds is 13. The Hall–Kier alpha value is -2.86. The zero-order valence-corrected chi connectivity index (χ0v) is 26.5. The van der Waals surface area contributed by atoms with Crippen molar-refractivity contribution in [2.75, 3.05) is 26.2 Å². The number of likely N-dealkylation sites (tertiary alicyclic amines) is 1. The summed E-state index contributed by atoms with van der Waals surface area (Å²) >= 11 is 0. The molecule has 1 unspecified atom stereocenters. The number of ether oxygens (including phenoxy) is 1. The van der Waals surface area contributed by atoms with Gasteiger partial charge in [0.1, 0.15) is 11.9 Å². The highest BCUT2D eigenvalue weighted by Crippen LogP contribution is 2.52. The Bertz CT molecular complexity index is 1210. The Morgan fingerprint density at radius 2 is 1.86 bits per heavy atom. The van der Waals surface area contributed by atoms with E-state index in [2.05, 4.69) is 54.0 Å². The number of piperidine rings is 1. The van der Waals surface area contributed by atoms with E-state index < -0.39 is 0 Å². The van der Waals surface area contributed by atoms with Gasteiger partial charge in [0, 0.05) is 56.8 Å². The van der Waals surface area contributed by atoms with Crippen molar-refractivity contribution in [2.45, 2.75) is 103 Å². The molecule has 1 amide bonds. The summed E-state index contributed by atoms with van der Waals surface area (Å²) in [5.41, 5.74) is 2.19. The molecule has 6 heteroatoms. The molecule has 0 spiro atoms. The number of phenolic OH excluding ortho intramolecular Hbond substituents is 1. The van der Waals surface area contributed by atoms with E-state index in [0.717, 1.165) is 69.6 Å². The van der Waals surface area contributed by atoms with Crippen molar-refractivity contribution in [3.05, 3.63) is 65.7 Å². The number of hydrogen-bond donors (Lipinski definition) is 1. The second-order valence-electron chi connectivity index (χ2n) is 14.0. The molecule has 43 heavy (non-hydrogen) atoms. The van der Waals surface area contributed by atoms with Crippen LogP contribution < -0.4 is 0 Å². The number of amides is 1. The van der Waals surface area contributed by atoms with Crippen molar-refractivity contribution < 1.29 is 19.4 Å². The van der Waals surface area contributed by atoms with Crippen molar-refractivity contribution in [1.29, 1.82) is 0 Å². The van der Waals surface area contributed by atoms with Gasteiger partial charge in [-0.1, -0.05) is 62.7 Å². The highest BCUT2D eigenvalue weighted by molar-refractivity contribution is 5.76. The molecule has 3 aliphatic rings. The third-order valence-corrected chi connectivity index (χ3v) is 10.1. The van der Waals surface area contributed by atoms with Crippen molar-refractivity contribution >= 4 is 11.9 Å². The van der Waals surface area contributed by atoms with E-state index in [1.165, 1.54) is 25.3 Å². The molecule has 1 N–H and O–H groups in total. The summed E-state index contributed by atoms with van der Waals surface area (Å²) in [6.07, 6.45) is 9.40. The number of aromatic hydroxyl groups is 1. The first kappa shape index (κ1) is 31.6. The number of aryl methyl sites for hydroxylation is 1. The van der Waals surface area contributed by atoms with Crippen molar-refractivity contribution in [1.82, 2.24) is 9.80 Å². The Morgan fingerprint density at radius 1 is 1.07 bits per heavy atom. The maximum atomic E-state index is 13.9. The van der Waals surface area contributed by atoms with Gasteiger partial charge in [0.05, 0.1) is 0 Å². The summed E-state index contributed by atoms with van der Waals surface area (Å²) in [6, 6.07) is 18.3. The highest BCUT2D eigenvalue weighted by Gasteiger charge is 2.55. The van der Waals surface area contributed by atoms with Gasteiger partial charge < -0.3 is 19.6 Å². The minimum absolute atomic E-state index is 0.0165. The monoisotopic (exact) mass is 588 g/mol. The average Bonchev–Trinajstić information content (AvgIpc) is 3.80. The van der Waals surface area contributed by atoms with Gasteiger partial charge in [-0.2, -0.15) is 0 Å². The van der Waals surface area contributed by atoms with Gasteiger partial charge in [0.25, 0.3) is 0 Å². The number of carbonyl (C=O) groups is 2. The minimum Gasteiger partial charge on any atom is -0.508 e. The molecule has 1 saturated heterocycles. The fourth-order valence-electron chi connectivity index (χ4n) is 7.87. The van der Waals surface area contributed by atoms with Gasteiger partial charge in [-0.15, -0.1) is 0 Å². The number of esters is 1. The molecule has 2 aliphatic carbocycles. The standard InChI is InChI=1S/C37H52N2O4/c1-27(2)24-39(36(42)16-9-5-8-13-29-11-6-4-7-12-29)32-22-35(43-28(3)40)34-26-38(25-30-17-18-30)20-19-37(34,23-32)31-14-10-15-33(41)21-31/h4,6-7,10-12,14-15,21,27,30,32,34-35,41H,5,8-9,13,16-20,22-26H2,1-3H3/t32-,34-,35?,37-/m0/s1. The maximum absolute atomic E-state index is 13.9. The van der Waals surface area contributed by atoms with E-state index in [4.69, 9.17) is 4.74 Å². The van der Waals surface area contributed by atoms with Gasteiger partial charge in [-0.05, 0) is 86.6 Å². The molecular formula is C37H52N2O4. The largest absolute Gasteiger partial charge is 0.508 e. The number of fused-ring (bicyclic) bond motifs is 1. The summed E-state index contributed by atoms with van der Waals surface area (Å²) in [4.78, 5) is 31.1. The average molecular weight is 589 g/mol. The van der Waals surface area contributed by atoms with E-state index in [9.17, 15) is 14.7 Å². The molecule has 6 nitrogen and oxygen atoms in total. The number of hydrogen-bond acceptors (Lipinski definition) is 5. The summed E-state index contributed by atoms with van der Waals surface area (Å²) in [5.74, 6) is 1.48. The van der Waals surface area contributed by atoms with Crippen LogP contribution in [0.2, 0.25) is 0 Å². The van der Waals surface area contributed by atoms with Gasteiger partial charge in [0.2, 0.25) is 5.91 Å². The van der Waals surface area contributed by atoms with Crippen LogP contribution in [-0.4, -0.2) is 65.1 Å². The molecule has 2 saturated carbocycles. The third-order valence-electron chi connectivity index (χ3n) is 10.1. The van der Waals surface area contributed by atoms with Crippen LogP contribution in [0.4, 0.5) is 0 Å². The number of nitrogens with zero attached hydrogens (tertiary/aromatic N) is 2. The number of benzene rings is 2. The number of carbonyl (C=O) groups excluding carboxylic acids is 2. The number of unbranched alkanes of at least 4 members (excludes halogenated alkanes) is 2. The quantitative estimate of drug-likeness (QED) is 0.207. The molecular weight excluding hydrogens is 536 g/mol. The van der Waals surface area contributed by atoms with Crippen LogP contribution in [0.3, 0.4) is 0 Å². The van der Waals surface area contributed by atoms with Crippen LogP contribution in [0.15, 0.2) is 54.6 Å². The highest BCUT2D eigenvalue weighted by atomic mass is 16.5. The zero-order chi connectivity index (χ0) is 30.4. The molecule has 2 aromatic carbocycles. The first-order valence-electron chi connectivity index (χ1n) is 16.8. The third kappa shape index (κ3) is 8.20. The lowest BCUT2D eigenvalue weighted by Gasteiger charge is -2.57. The Kier molecular flexibility index (Phi) is 10.5. The fourth-order valence-corrected chi connectivity index (χ4v) is 7.87. The molecule has 234 valence electrons. The first-order chi connectivity index (χ1) is 20.7. The van der Waals surface area contributed by atoms with Crippen LogP contribution in [0.5, 0.6) is 5.75 Å². The lowest BCUT2D eigenvalue weighted by molar-refractivity contribution is -0.161. The minimum atomic E-state index is -0.271. The van der Waals surface area contributed by atoms with Crippen LogP contribution in [0, 0.1) is 17.8 Å². The molecule has 0 aromatic heterocycles. The molecule has 4 atom stereocenters. The normalized spacial score (nSPS) is 25.7. The van der Waals surface area contributed by atoms with Crippen molar-refractivity contribution in [3.8, 4) is 5.75 Å². The predicted octanol–water partition coefficient (Wildman–Crippen LogP) is 6.74. The Labute approximate surface area is 258 Å². The molecule has 2 aromatic rings. The molecule has 0 bridgehead atoms. The summed E-state index contributed by atoms with van der Waals surface area (Å²) in [7, 11) is 0. The first-order valence-corrected chi connectivity index (χ1v) is 16.8. The van der Waals surface area contributed by atoms with Gasteiger partial charge in [-0.25, -0.2) is 0 Å². The predicted molar refractivity (Wildman–Crippen MR) is 171 cm³/mol. The number of phenols is 1. The zero-order valence-electron chi connectivity index (χ0n) is 26.5. The Balaban J connectivity index is 1.36. The van der Waals surface area contributed by atoms with Crippen LogP contribution in [-0.2, 0) is 26.2 Å². The van der Waals surface area contributed by atoms with Gasteiger partial charge in [0.15, 0.2) is 0 Å². The SMILES string of the molecule is CC(=O)OC1C[C@H](N(CC(C)C)C(=O)CCCCCc2ccccc2)C[C@]2(c3cccc(O)c3)CCN(CC3CC3)C[C@@H]12. The van der Waals surface area contributed by atoms with Crippen molar-refractivity contribution in [3.63, 3.8) is 0 Å². The van der Waals surface area contributed by atoms with Crippen LogP contribution in [0.1, 0.15) is 89.7 Å². The molecule has 3 fully saturated rings. The lowest BCUT2D eigenvalue weighted by atomic mass is 9.56. The summed E-state index contributed by atoms with van der Waals surface area (Å²) in [6.45, 7) is 9.56. The second-order valence-corrected chi connectivity index (χ2v) is 14.0. The Morgan fingerprint density at radius 3 is 2.56 bits per heavy atom.